The van der Waals surface area contributed by atoms with Gasteiger partial charge in [-0.25, -0.2) is 13.4 Å². The van der Waals surface area contributed by atoms with E-state index in [1.807, 2.05) is 31.4 Å². The van der Waals surface area contributed by atoms with Crippen LogP contribution in [-0.4, -0.2) is 23.7 Å². The van der Waals surface area contributed by atoms with Crippen molar-refractivity contribution >= 4 is 21.4 Å². The summed E-state index contributed by atoms with van der Waals surface area (Å²) in [5, 5.41) is 2.00. The molecule has 2 aromatic rings. The van der Waals surface area contributed by atoms with Crippen LogP contribution in [0.5, 0.6) is 0 Å². The quantitative estimate of drug-likeness (QED) is 0.883. The van der Waals surface area contributed by atoms with Crippen LogP contribution in [0.2, 0.25) is 0 Å². The lowest BCUT2D eigenvalue weighted by Crippen LogP contribution is -2.36. The minimum atomic E-state index is -3.61. The highest BCUT2D eigenvalue weighted by Gasteiger charge is 2.28. The largest absolute Gasteiger partial charge is 0.326 e. The molecule has 0 fully saturated rings. The van der Waals surface area contributed by atoms with Crippen LogP contribution in [0.4, 0.5) is 0 Å². The number of aromatic nitrogens is 1. The molecule has 0 aliphatic rings. The molecule has 0 amide bonds. The Morgan fingerprint density at radius 1 is 1.33 bits per heavy atom. The molecule has 0 spiro atoms. The first-order chi connectivity index (χ1) is 9.95. The second-order valence-corrected chi connectivity index (χ2v) is 7.80. The Hall–Kier alpha value is -1.28. The predicted molar refractivity (Wildman–Crippen MR) is 84.3 cm³/mol. The van der Waals surface area contributed by atoms with Crippen molar-refractivity contribution in [2.24, 2.45) is 5.73 Å². The number of rotatable bonds is 6. The first kappa shape index (κ1) is 16.1. The lowest BCUT2D eigenvalue weighted by molar-refractivity contribution is 0.349. The fourth-order valence-corrected chi connectivity index (χ4v) is 4.22. The second kappa shape index (κ2) is 6.65. The molecule has 114 valence electrons. The molecule has 2 rings (SSSR count). The van der Waals surface area contributed by atoms with Gasteiger partial charge in [-0.2, -0.15) is 4.31 Å². The van der Waals surface area contributed by atoms with Gasteiger partial charge in [-0.15, -0.1) is 11.3 Å². The lowest BCUT2D eigenvalue weighted by Gasteiger charge is -2.24. The molecule has 0 bridgehead atoms. The van der Waals surface area contributed by atoms with E-state index in [4.69, 9.17) is 5.73 Å². The molecule has 0 radical (unpaired) electrons. The molecule has 0 atom stereocenters. The summed E-state index contributed by atoms with van der Waals surface area (Å²) < 4.78 is 26.9. The number of nitrogens with zero attached hydrogens (tertiary/aromatic N) is 2. The molecule has 0 aliphatic carbocycles. The van der Waals surface area contributed by atoms with Crippen molar-refractivity contribution in [2.75, 3.05) is 0 Å². The van der Waals surface area contributed by atoms with Gasteiger partial charge in [-0.1, -0.05) is 12.1 Å². The number of pyridine rings is 1. The summed E-state index contributed by atoms with van der Waals surface area (Å²) >= 11 is 1.54. The molecular formula is C14H19N3O2S2. The molecule has 2 N–H and O–H groups in total. The van der Waals surface area contributed by atoms with Gasteiger partial charge in [0, 0.05) is 30.2 Å². The molecule has 2 heterocycles. The van der Waals surface area contributed by atoms with Crippen LogP contribution in [0.25, 0.3) is 0 Å². The van der Waals surface area contributed by atoms with Crippen LogP contribution < -0.4 is 5.73 Å². The third kappa shape index (κ3) is 3.68. The summed E-state index contributed by atoms with van der Waals surface area (Å²) in [7, 11) is -3.61. The summed E-state index contributed by atoms with van der Waals surface area (Å²) in [6.45, 7) is 4.42. The highest BCUT2D eigenvalue weighted by Crippen LogP contribution is 2.21. The Balaban J connectivity index is 2.32. The van der Waals surface area contributed by atoms with Crippen LogP contribution in [0, 0.1) is 0 Å². The molecule has 21 heavy (non-hydrogen) atoms. The highest BCUT2D eigenvalue weighted by atomic mass is 32.2. The Morgan fingerprint density at radius 3 is 2.57 bits per heavy atom. The topological polar surface area (TPSA) is 76.3 Å². The molecule has 0 saturated carbocycles. The van der Waals surface area contributed by atoms with Gasteiger partial charge in [0.2, 0.25) is 0 Å². The van der Waals surface area contributed by atoms with E-state index in [-0.39, 0.29) is 11.1 Å². The van der Waals surface area contributed by atoms with Gasteiger partial charge in [-0.3, -0.25) is 0 Å². The summed E-state index contributed by atoms with van der Waals surface area (Å²) in [6, 6.07) is 6.92. The average molecular weight is 325 g/mol. The molecule has 2 aromatic heterocycles. The van der Waals surface area contributed by atoms with E-state index in [0.29, 0.717) is 13.1 Å². The standard InChI is InChI=1S/C14H19N3O2S2/c1-11(2)17(10-13-4-3-7-20-13)21(18,19)14-6-5-12(8-15)9-16-14/h3-7,9,11H,8,10,15H2,1-2H3. The number of sulfonamides is 1. The van der Waals surface area contributed by atoms with E-state index in [9.17, 15) is 8.42 Å². The Morgan fingerprint density at radius 2 is 2.10 bits per heavy atom. The number of nitrogens with two attached hydrogens (primary N) is 1. The zero-order valence-electron chi connectivity index (χ0n) is 12.1. The average Bonchev–Trinajstić information content (AvgIpc) is 2.97. The minimum absolute atomic E-state index is 0.0601. The zero-order valence-corrected chi connectivity index (χ0v) is 13.7. The zero-order chi connectivity index (χ0) is 15.5. The summed E-state index contributed by atoms with van der Waals surface area (Å²) in [4.78, 5) is 5.05. The molecule has 5 nitrogen and oxygen atoms in total. The summed E-state index contributed by atoms with van der Waals surface area (Å²) in [6.07, 6.45) is 1.51. The molecule has 0 aromatic carbocycles. The molecule has 0 unspecified atom stereocenters. The van der Waals surface area contributed by atoms with E-state index >= 15 is 0 Å². The number of thiophene rings is 1. The summed E-state index contributed by atoms with van der Waals surface area (Å²) in [5.41, 5.74) is 6.32. The van der Waals surface area contributed by atoms with Gasteiger partial charge in [0.05, 0.1) is 0 Å². The minimum Gasteiger partial charge on any atom is -0.326 e. The van der Waals surface area contributed by atoms with E-state index in [2.05, 4.69) is 4.98 Å². The smallest absolute Gasteiger partial charge is 0.261 e. The fourth-order valence-electron chi connectivity index (χ4n) is 1.91. The van der Waals surface area contributed by atoms with E-state index in [0.717, 1.165) is 10.4 Å². The first-order valence-electron chi connectivity index (χ1n) is 6.64. The van der Waals surface area contributed by atoms with Gasteiger partial charge in [0.15, 0.2) is 5.03 Å². The SMILES string of the molecule is CC(C)N(Cc1cccs1)S(=O)(=O)c1ccc(CN)cn1. The van der Waals surface area contributed by atoms with E-state index in [1.165, 1.54) is 16.6 Å². The van der Waals surface area contributed by atoms with E-state index < -0.39 is 10.0 Å². The van der Waals surface area contributed by atoms with Crippen molar-refractivity contribution in [3.05, 3.63) is 46.3 Å². The Bertz CT molecular complexity index is 665. The van der Waals surface area contributed by atoms with Gasteiger partial charge >= 0.3 is 0 Å². The molecule has 0 saturated heterocycles. The first-order valence-corrected chi connectivity index (χ1v) is 8.96. The Labute approximate surface area is 129 Å². The van der Waals surface area contributed by atoms with Crippen molar-refractivity contribution in [1.29, 1.82) is 0 Å². The van der Waals surface area contributed by atoms with Crippen LogP contribution >= 0.6 is 11.3 Å². The Kier molecular flexibility index (Phi) is 5.10. The fraction of sp³-hybridized carbons (Fsp3) is 0.357. The maximum absolute atomic E-state index is 12.7. The molecule has 0 aliphatic heterocycles. The number of hydrogen-bond donors (Lipinski definition) is 1. The van der Waals surface area contributed by atoms with Crippen molar-refractivity contribution in [2.45, 2.75) is 38.0 Å². The maximum Gasteiger partial charge on any atom is 0.261 e. The van der Waals surface area contributed by atoms with Gasteiger partial charge in [0.25, 0.3) is 10.0 Å². The normalized spacial score (nSPS) is 12.2. The highest BCUT2D eigenvalue weighted by molar-refractivity contribution is 7.89. The van der Waals surface area contributed by atoms with Crippen LogP contribution in [0.3, 0.4) is 0 Å². The van der Waals surface area contributed by atoms with Crippen LogP contribution in [0.15, 0.2) is 40.9 Å². The third-order valence-electron chi connectivity index (χ3n) is 3.07. The maximum atomic E-state index is 12.7. The van der Waals surface area contributed by atoms with Crippen LogP contribution in [0.1, 0.15) is 24.3 Å². The van der Waals surface area contributed by atoms with Gasteiger partial charge < -0.3 is 5.73 Å². The van der Waals surface area contributed by atoms with Crippen molar-refractivity contribution < 1.29 is 8.42 Å². The van der Waals surface area contributed by atoms with Crippen LogP contribution in [-0.2, 0) is 23.1 Å². The predicted octanol–water partition coefficient (Wildman–Crippen LogP) is 2.20. The van der Waals surface area contributed by atoms with Crippen molar-refractivity contribution in [3.8, 4) is 0 Å². The summed E-state index contributed by atoms with van der Waals surface area (Å²) in [5.74, 6) is 0. The molecule has 7 heteroatoms. The van der Waals surface area contributed by atoms with E-state index in [1.54, 1.807) is 17.4 Å². The van der Waals surface area contributed by atoms with Crippen molar-refractivity contribution in [3.63, 3.8) is 0 Å². The van der Waals surface area contributed by atoms with Crippen molar-refractivity contribution in [1.82, 2.24) is 9.29 Å². The third-order valence-corrected chi connectivity index (χ3v) is 5.87. The van der Waals surface area contributed by atoms with Gasteiger partial charge in [-0.05, 0) is 36.9 Å². The second-order valence-electron chi connectivity index (χ2n) is 4.93. The molecular weight excluding hydrogens is 306 g/mol. The monoisotopic (exact) mass is 325 g/mol. The lowest BCUT2D eigenvalue weighted by atomic mass is 10.3. The number of hydrogen-bond acceptors (Lipinski definition) is 5. The van der Waals surface area contributed by atoms with Gasteiger partial charge in [0.1, 0.15) is 0 Å².